The molecule has 0 bridgehead atoms. The van der Waals surface area contributed by atoms with Crippen LogP contribution in [0.4, 0.5) is 0 Å². The third-order valence-corrected chi connectivity index (χ3v) is 1.97. The summed E-state index contributed by atoms with van der Waals surface area (Å²) in [5, 5.41) is 0.521. The lowest BCUT2D eigenvalue weighted by Gasteiger charge is -2.03. The Morgan fingerprint density at radius 1 is 1.47 bits per heavy atom. The molecule has 0 radical (unpaired) electrons. The maximum absolute atomic E-state index is 11.2. The Morgan fingerprint density at radius 2 is 2.27 bits per heavy atom. The van der Waals surface area contributed by atoms with Gasteiger partial charge in [0, 0.05) is 17.9 Å². The Kier molecular flexibility index (Phi) is 4.84. The van der Waals surface area contributed by atoms with E-state index < -0.39 is 0 Å². The third kappa shape index (κ3) is 4.61. The molecule has 1 aromatic carbocycles. The van der Waals surface area contributed by atoms with Gasteiger partial charge in [0.25, 0.3) is 0 Å². The SMILES string of the molecule is O=CCCCC(=O)Oc1cccc(Cl)c1. The summed E-state index contributed by atoms with van der Waals surface area (Å²) in [6.45, 7) is 0. The molecule has 4 heteroatoms. The average molecular weight is 227 g/mol. The number of hydrogen-bond acceptors (Lipinski definition) is 3. The molecule has 0 aliphatic carbocycles. The van der Waals surface area contributed by atoms with Gasteiger partial charge in [0.15, 0.2) is 0 Å². The van der Waals surface area contributed by atoms with Crippen molar-refractivity contribution in [3.8, 4) is 5.75 Å². The monoisotopic (exact) mass is 226 g/mol. The molecule has 0 amide bonds. The van der Waals surface area contributed by atoms with E-state index in [9.17, 15) is 9.59 Å². The molecular weight excluding hydrogens is 216 g/mol. The summed E-state index contributed by atoms with van der Waals surface area (Å²) in [6, 6.07) is 6.63. The van der Waals surface area contributed by atoms with E-state index in [4.69, 9.17) is 16.3 Å². The second-order valence-electron chi connectivity index (χ2n) is 2.99. The van der Waals surface area contributed by atoms with Crippen LogP contribution < -0.4 is 4.74 Å². The highest BCUT2D eigenvalue weighted by Gasteiger charge is 2.04. The van der Waals surface area contributed by atoms with Crippen molar-refractivity contribution >= 4 is 23.9 Å². The molecule has 0 saturated carbocycles. The van der Waals surface area contributed by atoms with Crippen LogP contribution in [-0.2, 0) is 9.59 Å². The van der Waals surface area contributed by atoms with Crippen molar-refractivity contribution in [3.05, 3.63) is 29.3 Å². The Hall–Kier alpha value is -1.35. The number of carbonyl (C=O) groups is 2. The fraction of sp³-hybridized carbons (Fsp3) is 0.273. The zero-order chi connectivity index (χ0) is 11.1. The zero-order valence-electron chi connectivity index (χ0n) is 8.11. The lowest BCUT2D eigenvalue weighted by Crippen LogP contribution is -2.07. The van der Waals surface area contributed by atoms with Crippen LogP contribution in [0.25, 0.3) is 0 Å². The quantitative estimate of drug-likeness (QED) is 0.336. The Bertz CT molecular complexity index is 349. The van der Waals surface area contributed by atoms with Crippen molar-refractivity contribution in [2.45, 2.75) is 19.3 Å². The molecule has 0 saturated heterocycles. The van der Waals surface area contributed by atoms with Gasteiger partial charge < -0.3 is 9.53 Å². The molecule has 0 aliphatic rings. The second-order valence-corrected chi connectivity index (χ2v) is 3.43. The first-order valence-electron chi connectivity index (χ1n) is 4.62. The number of unbranched alkanes of at least 4 members (excludes halogenated alkanes) is 1. The van der Waals surface area contributed by atoms with Crippen molar-refractivity contribution in [1.29, 1.82) is 0 Å². The molecule has 15 heavy (non-hydrogen) atoms. The van der Waals surface area contributed by atoms with E-state index in [1.165, 1.54) is 0 Å². The summed E-state index contributed by atoms with van der Waals surface area (Å²) in [5.41, 5.74) is 0. The number of carbonyl (C=O) groups excluding carboxylic acids is 2. The second kappa shape index (κ2) is 6.19. The van der Waals surface area contributed by atoms with Gasteiger partial charge in [-0.15, -0.1) is 0 Å². The maximum atomic E-state index is 11.2. The van der Waals surface area contributed by atoms with Crippen molar-refractivity contribution in [3.63, 3.8) is 0 Å². The lowest BCUT2D eigenvalue weighted by molar-refractivity contribution is -0.134. The van der Waals surface area contributed by atoms with E-state index in [-0.39, 0.29) is 12.4 Å². The predicted molar refractivity (Wildman–Crippen MR) is 57.0 cm³/mol. The summed E-state index contributed by atoms with van der Waals surface area (Å²) in [7, 11) is 0. The van der Waals surface area contributed by atoms with Crippen LogP contribution in [0.15, 0.2) is 24.3 Å². The van der Waals surface area contributed by atoms with Gasteiger partial charge in [-0.3, -0.25) is 4.79 Å². The van der Waals surface area contributed by atoms with Crippen LogP contribution in [0.2, 0.25) is 5.02 Å². The maximum Gasteiger partial charge on any atom is 0.311 e. The average Bonchev–Trinajstić information content (AvgIpc) is 2.18. The molecule has 0 spiro atoms. The van der Waals surface area contributed by atoms with Crippen molar-refractivity contribution in [1.82, 2.24) is 0 Å². The van der Waals surface area contributed by atoms with Gasteiger partial charge in [0.2, 0.25) is 0 Å². The molecule has 0 unspecified atom stereocenters. The van der Waals surface area contributed by atoms with Crippen LogP contribution in [0.5, 0.6) is 5.75 Å². The number of aldehydes is 1. The molecule has 0 atom stereocenters. The summed E-state index contributed by atoms with van der Waals surface area (Å²) in [5.74, 6) is 0.0812. The van der Waals surface area contributed by atoms with Crippen LogP contribution in [0, 0.1) is 0 Å². The van der Waals surface area contributed by atoms with Gasteiger partial charge in [-0.25, -0.2) is 0 Å². The number of benzene rings is 1. The molecule has 0 heterocycles. The van der Waals surface area contributed by atoms with E-state index >= 15 is 0 Å². The Morgan fingerprint density at radius 3 is 2.93 bits per heavy atom. The minimum Gasteiger partial charge on any atom is -0.426 e. The van der Waals surface area contributed by atoms with Gasteiger partial charge in [0.1, 0.15) is 12.0 Å². The zero-order valence-corrected chi connectivity index (χ0v) is 8.87. The van der Waals surface area contributed by atoms with Gasteiger partial charge in [0.05, 0.1) is 0 Å². The molecule has 80 valence electrons. The van der Waals surface area contributed by atoms with Gasteiger partial charge >= 0.3 is 5.97 Å². The topological polar surface area (TPSA) is 43.4 Å². The van der Waals surface area contributed by atoms with E-state index in [0.717, 1.165) is 6.29 Å². The largest absolute Gasteiger partial charge is 0.426 e. The van der Waals surface area contributed by atoms with E-state index in [1.54, 1.807) is 24.3 Å². The minimum absolute atomic E-state index is 0.241. The summed E-state index contributed by atoms with van der Waals surface area (Å²) in [4.78, 5) is 21.2. The van der Waals surface area contributed by atoms with Crippen molar-refractivity contribution in [2.75, 3.05) is 0 Å². The summed E-state index contributed by atoms with van der Waals surface area (Å²) in [6.07, 6.45) is 1.92. The molecule has 1 rings (SSSR count). The number of ether oxygens (including phenoxy) is 1. The Balaban J connectivity index is 2.40. The number of halogens is 1. The highest BCUT2D eigenvalue weighted by molar-refractivity contribution is 6.30. The number of rotatable bonds is 5. The highest BCUT2D eigenvalue weighted by atomic mass is 35.5. The smallest absolute Gasteiger partial charge is 0.311 e. The Labute approximate surface area is 93.0 Å². The number of esters is 1. The molecule has 3 nitrogen and oxygen atoms in total. The fourth-order valence-electron chi connectivity index (χ4n) is 1.04. The fourth-order valence-corrected chi connectivity index (χ4v) is 1.22. The van der Waals surface area contributed by atoms with E-state index in [1.807, 2.05) is 0 Å². The molecule has 0 aliphatic heterocycles. The van der Waals surface area contributed by atoms with Crippen molar-refractivity contribution < 1.29 is 14.3 Å². The van der Waals surface area contributed by atoms with E-state index in [0.29, 0.717) is 23.6 Å². The minimum atomic E-state index is -0.348. The van der Waals surface area contributed by atoms with E-state index in [2.05, 4.69) is 0 Å². The summed E-state index contributed by atoms with van der Waals surface area (Å²) >= 11 is 5.72. The number of hydrogen-bond donors (Lipinski definition) is 0. The van der Waals surface area contributed by atoms with Gasteiger partial charge in [-0.1, -0.05) is 17.7 Å². The first-order chi connectivity index (χ1) is 7.22. The first kappa shape index (κ1) is 11.7. The van der Waals surface area contributed by atoms with Crippen LogP contribution >= 0.6 is 11.6 Å². The van der Waals surface area contributed by atoms with Crippen LogP contribution in [0.1, 0.15) is 19.3 Å². The lowest BCUT2D eigenvalue weighted by atomic mass is 10.2. The van der Waals surface area contributed by atoms with Gasteiger partial charge in [-0.2, -0.15) is 0 Å². The molecular formula is C11H11ClO3. The highest BCUT2D eigenvalue weighted by Crippen LogP contribution is 2.17. The first-order valence-corrected chi connectivity index (χ1v) is 5.00. The molecule has 0 aromatic heterocycles. The third-order valence-electron chi connectivity index (χ3n) is 1.73. The van der Waals surface area contributed by atoms with Crippen molar-refractivity contribution in [2.24, 2.45) is 0 Å². The molecule has 0 N–H and O–H groups in total. The molecule has 1 aromatic rings. The van der Waals surface area contributed by atoms with Crippen LogP contribution in [-0.4, -0.2) is 12.3 Å². The normalized spacial score (nSPS) is 9.67. The predicted octanol–water partition coefficient (Wildman–Crippen LogP) is 2.61. The molecule has 0 fully saturated rings. The van der Waals surface area contributed by atoms with Gasteiger partial charge in [-0.05, 0) is 24.6 Å². The standard InChI is InChI=1S/C11H11ClO3/c12-9-4-3-5-10(8-9)15-11(14)6-1-2-7-13/h3-5,7-8H,1-2,6H2. The summed E-state index contributed by atoms with van der Waals surface area (Å²) < 4.78 is 5.00. The van der Waals surface area contributed by atoms with Crippen LogP contribution in [0.3, 0.4) is 0 Å².